The van der Waals surface area contributed by atoms with Crippen LogP contribution in [-0.2, 0) is 19.1 Å². The molecule has 0 spiro atoms. The Morgan fingerprint density at radius 1 is 1.34 bits per heavy atom. The van der Waals surface area contributed by atoms with Crippen LogP contribution < -0.4 is 15.0 Å². The normalized spacial score (nSPS) is 18.7. The maximum atomic E-state index is 12.4. The van der Waals surface area contributed by atoms with Gasteiger partial charge in [-0.3, -0.25) is 14.4 Å². The summed E-state index contributed by atoms with van der Waals surface area (Å²) in [6, 6.07) is 9.17. The fourth-order valence-electron chi connectivity index (χ4n) is 2.76. The highest BCUT2D eigenvalue weighted by Gasteiger charge is 2.34. The van der Waals surface area contributed by atoms with Gasteiger partial charge in [0.15, 0.2) is 12.2 Å². The molecule has 8 nitrogen and oxygen atoms in total. The van der Waals surface area contributed by atoms with E-state index < -0.39 is 29.6 Å². The molecule has 1 heterocycles. The topological polar surface area (TPSA) is 109 Å². The lowest BCUT2D eigenvalue weighted by Gasteiger charge is -2.32. The van der Waals surface area contributed by atoms with Gasteiger partial charge in [0.2, 0.25) is 0 Å². The lowest BCUT2D eigenvalue weighted by atomic mass is 9.90. The molecule has 0 saturated heterocycles. The lowest BCUT2D eigenvalue weighted by molar-refractivity contribution is -0.155. The van der Waals surface area contributed by atoms with Crippen LogP contribution in [0.5, 0.6) is 5.75 Å². The van der Waals surface area contributed by atoms with Crippen LogP contribution in [0.15, 0.2) is 24.3 Å². The minimum Gasteiger partial charge on any atom is -0.479 e. The molecule has 3 atom stereocenters. The highest BCUT2D eigenvalue weighted by atomic mass is 16.5. The Hall–Kier alpha value is -3.08. The van der Waals surface area contributed by atoms with E-state index in [1.54, 1.807) is 38.1 Å². The monoisotopic (exact) mass is 401 g/mol. The summed E-state index contributed by atoms with van der Waals surface area (Å²) in [6.07, 6.45) is -1.78. The zero-order valence-electron chi connectivity index (χ0n) is 17.4. The summed E-state index contributed by atoms with van der Waals surface area (Å²) in [4.78, 5) is 38.5. The second kappa shape index (κ2) is 8.95. The second-order valence-electron chi connectivity index (χ2n) is 7.56. The molecular formula is C21H27N3O5. The van der Waals surface area contributed by atoms with Crippen LogP contribution in [0.4, 0.5) is 5.69 Å². The van der Waals surface area contributed by atoms with E-state index in [0.717, 1.165) is 0 Å². The molecule has 1 aliphatic heterocycles. The summed E-state index contributed by atoms with van der Waals surface area (Å²) in [7, 11) is 0. The zero-order chi connectivity index (χ0) is 21.8. The van der Waals surface area contributed by atoms with E-state index in [0.29, 0.717) is 11.4 Å². The van der Waals surface area contributed by atoms with Gasteiger partial charge in [0.05, 0.1) is 18.2 Å². The van der Waals surface area contributed by atoms with E-state index in [9.17, 15) is 19.6 Å². The molecule has 0 radical (unpaired) electrons. The molecule has 8 heteroatoms. The smallest absolute Gasteiger partial charge is 0.308 e. The number of carbonyl (C=O) groups excluding carboxylic acids is 3. The van der Waals surface area contributed by atoms with Gasteiger partial charge in [0.1, 0.15) is 11.3 Å². The molecule has 29 heavy (non-hydrogen) atoms. The number of para-hydroxylation sites is 2. The third-order valence-corrected chi connectivity index (χ3v) is 5.06. The molecule has 0 fully saturated rings. The van der Waals surface area contributed by atoms with Crippen molar-refractivity contribution >= 4 is 23.5 Å². The van der Waals surface area contributed by atoms with Crippen molar-refractivity contribution in [3.05, 3.63) is 24.3 Å². The van der Waals surface area contributed by atoms with Crippen molar-refractivity contribution in [3.8, 4) is 11.8 Å². The van der Waals surface area contributed by atoms with Gasteiger partial charge in [-0.05, 0) is 38.8 Å². The number of esters is 1. The molecule has 1 aromatic carbocycles. The first kappa shape index (κ1) is 22.2. The average molecular weight is 401 g/mol. The van der Waals surface area contributed by atoms with Gasteiger partial charge in [-0.1, -0.05) is 26.0 Å². The summed E-state index contributed by atoms with van der Waals surface area (Å²) in [6.45, 7) is 8.46. The van der Waals surface area contributed by atoms with Crippen LogP contribution in [-0.4, -0.2) is 42.1 Å². The van der Waals surface area contributed by atoms with Crippen LogP contribution in [0.2, 0.25) is 0 Å². The molecule has 0 saturated carbocycles. The Labute approximate surface area is 170 Å². The van der Waals surface area contributed by atoms with Gasteiger partial charge in [0.25, 0.3) is 11.8 Å². The Kier molecular flexibility index (Phi) is 6.85. The van der Waals surface area contributed by atoms with Gasteiger partial charge >= 0.3 is 5.97 Å². The van der Waals surface area contributed by atoms with Crippen molar-refractivity contribution in [3.63, 3.8) is 0 Å². The van der Waals surface area contributed by atoms with Gasteiger partial charge in [-0.25, -0.2) is 0 Å². The summed E-state index contributed by atoms with van der Waals surface area (Å²) < 4.78 is 10.8. The first-order chi connectivity index (χ1) is 13.6. The number of nitrogens with one attached hydrogen (secondary N) is 1. The van der Waals surface area contributed by atoms with Crippen molar-refractivity contribution in [2.45, 2.75) is 58.8 Å². The Morgan fingerprint density at radius 2 is 2.00 bits per heavy atom. The number of benzene rings is 1. The van der Waals surface area contributed by atoms with Crippen molar-refractivity contribution < 1.29 is 23.9 Å². The van der Waals surface area contributed by atoms with Crippen LogP contribution in [0, 0.1) is 17.2 Å². The standard InChI is InChI=1S/C21H27N3O5/c1-13(2)21(5,12-22)23-19(26)14(3)29-18(25)10-11-24-16-8-6-7-9-17(16)28-15(4)20(24)27/h6-9,13-15H,10-11H2,1-5H3,(H,23,26). The summed E-state index contributed by atoms with van der Waals surface area (Å²) in [5.41, 5.74) is -0.464. The van der Waals surface area contributed by atoms with Crippen LogP contribution >= 0.6 is 0 Å². The maximum Gasteiger partial charge on any atom is 0.308 e. The number of nitriles is 1. The van der Waals surface area contributed by atoms with Crippen molar-refractivity contribution in [2.24, 2.45) is 5.92 Å². The number of nitrogens with zero attached hydrogens (tertiary/aromatic N) is 2. The minimum atomic E-state index is -1.06. The number of ether oxygens (including phenoxy) is 2. The zero-order valence-corrected chi connectivity index (χ0v) is 17.4. The Morgan fingerprint density at radius 3 is 2.62 bits per heavy atom. The van der Waals surface area contributed by atoms with Gasteiger partial charge in [-0.15, -0.1) is 0 Å². The number of hydrogen-bond donors (Lipinski definition) is 1. The molecule has 0 aliphatic carbocycles. The molecule has 1 aromatic rings. The molecule has 3 unspecified atom stereocenters. The van der Waals surface area contributed by atoms with Crippen LogP contribution in [0.3, 0.4) is 0 Å². The van der Waals surface area contributed by atoms with Gasteiger partial charge in [-0.2, -0.15) is 5.26 Å². The predicted octanol–water partition coefficient (Wildman–Crippen LogP) is 2.18. The average Bonchev–Trinajstić information content (AvgIpc) is 2.67. The molecule has 1 N–H and O–H groups in total. The SMILES string of the molecule is CC(OC(=O)CCN1C(=O)C(C)Oc2ccccc21)C(=O)NC(C)(C#N)C(C)C. The molecule has 156 valence electrons. The van der Waals surface area contributed by atoms with E-state index in [4.69, 9.17) is 9.47 Å². The van der Waals surface area contributed by atoms with Crippen molar-refractivity contribution in [2.75, 3.05) is 11.4 Å². The summed E-state index contributed by atoms with van der Waals surface area (Å²) >= 11 is 0. The number of hydrogen-bond acceptors (Lipinski definition) is 6. The van der Waals surface area contributed by atoms with E-state index in [-0.39, 0.29) is 24.8 Å². The molecule has 2 rings (SSSR count). The number of fused-ring (bicyclic) bond motifs is 1. The lowest BCUT2D eigenvalue weighted by Crippen LogP contribution is -2.52. The first-order valence-corrected chi connectivity index (χ1v) is 9.59. The van der Waals surface area contributed by atoms with Crippen molar-refractivity contribution in [1.82, 2.24) is 5.32 Å². The first-order valence-electron chi connectivity index (χ1n) is 9.59. The highest BCUT2D eigenvalue weighted by molar-refractivity contribution is 6.00. The predicted molar refractivity (Wildman–Crippen MR) is 106 cm³/mol. The largest absolute Gasteiger partial charge is 0.479 e. The minimum absolute atomic E-state index is 0.0793. The number of rotatable bonds is 7. The summed E-state index contributed by atoms with van der Waals surface area (Å²) in [5, 5.41) is 11.9. The maximum absolute atomic E-state index is 12.4. The van der Waals surface area contributed by atoms with E-state index in [1.807, 2.05) is 13.8 Å². The quantitative estimate of drug-likeness (QED) is 0.702. The summed E-state index contributed by atoms with van der Waals surface area (Å²) in [5.74, 6) is -0.944. The van der Waals surface area contributed by atoms with Crippen molar-refractivity contribution in [1.29, 1.82) is 5.26 Å². The molecule has 2 amide bonds. The van der Waals surface area contributed by atoms with E-state index in [2.05, 4.69) is 11.4 Å². The van der Waals surface area contributed by atoms with Gasteiger partial charge < -0.3 is 19.7 Å². The molecular weight excluding hydrogens is 374 g/mol. The third kappa shape index (κ3) is 5.05. The number of anilines is 1. The number of amides is 2. The van der Waals surface area contributed by atoms with Gasteiger partial charge in [0, 0.05) is 6.54 Å². The number of carbonyl (C=O) groups is 3. The molecule has 1 aliphatic rings. The van der Waals surface area contributed by atoms with Crippen LogP contribution in [0.1, 0.15) is 41.0 Å². The fourth-order valence-corrected chi connectivity index (χ4v) is 2.76. The Balaban J connectivity index is 1.95. The third-order valence-electron chi connectivity index (χ3n) is 5.06. The fraction of sp³-hybridized carbons (Fsp3) is 0.524. The van der Waals surface area contributed by atoms with E-state index >= 15 is 0 Å². The highest BCUT2D eigenvalue weighted by Crippen LogP contribution is 2.33. The molecule has 0 bridgehead atoms. The Bertz CT molecular complexity index is 832. The van der Waals surface area contributed by atoms with E-state index in [1.165, 1.54) is 11.8 Å². The second-order valence-corrected chi connectivity index (χ2v) is 7.56. The molecule has 0 aromatic heterocycles. The van der Waals surface area contributed by atoms with Crippen LogP contribution in [0.25, 0.3) is 0 Å².